The maximum atomic E-state index is 14.5. The van der Waals surface area contributed by atoms with Gasteiger partial charge in [0.1, 0.15) is 12.6 Å². The maximum Gasteiger partial charge on any atom is 0.471 e. The fraction of sp³-hybridized carbons (Fsp3) is 0.300. The largest absolute Gasteiger partial charge is 0.471 e. The highest BCUT2D eigenvalue weighted by atomic mass is 31.2. The van der Waals surface area contributed by atoms with Crippen molar-refractivity contribution in [3.05, 3.63) is 64.2 Å². The Hall–Kier alpha value is -3.39. The number of hydrogen-bond acceptors (Lipinski definition) is 6. The summed E-state index contributed by atoms with van der Waals surface area (Å²) in [5.41, 5.74) is -1.66. The minimum Gasteiger partial charge on any atom is -0.303 e. The molecule has 0 aliphatic rings. The molecule has 3 aromatic heterocycles. The highest BCUT2D eigenvalue weighted by molar-refractivity contribution is 7.46. The third-order valence-electron chi connectivity index (χ3n) is 5.10. The second-order valence-corrected chi connectivity index (χ2v) is 8.99. The van der Waals surface area contributed by atoms with Crippen LogP contribution in [-0.2, 0) is 35.1 Å². The van der Waals surface area contributed by atoms with Gasteiger partial charge in [-0.3, -0.25) is 23.1 Å². The molecule has 192 valence electrons. The fourth-order valence-electron chi connectivity index (χ4n) is 3.55. The summed E-state index contributed by atoms with van der Waals surface area (Å²) in [6.07, 6.45) is -2.51. The molecule has 0 saturated heterocycles. The molecule has 16 heteroatoms. The molecule has 0 amide bonds. The van der Waals surface area contributed by atoms with Gasteiger partial charge in [0.2, 0.25) is 0 Å². The number of rotatable bonds is 8. The molecule has 2 N–H and O–H groups in total. The van der Waals surface area contributed by atoms with Crippen molar-refractivity contribution in [3.8, 4) is 11.4 Å². The molecule has 0 aliphatic heterocycles. The van der Waals surface area contributed by atoms with Crippen molar-refractivity contribution in [2.45, 2.75) is 39.3 Å². The van der Waals surface area contributed by atoms with E-state index in [0.717, 1.165) is 21.3 Å². The lowest BCUT2D eigenvalue weighted by molar-refractivity contribution is -0.137. The Labute approximate surface area is 199 Å². The summed E-state index contributed by atoms with van der Waals surface area (Å²) in [6.45, 7) is 0.897. The normalized spacial score (nSPS) is 12.5. The summed E-state index contributed by atoms with van der Waals surface area (Å²) in [6, 6.07) is 4.68. The zero-order valence-corrected chi connectivity index (χ0v) is 19.4. The standard InChI is InChI=1S/C20H19F4N6O5P/c1-2-6-29-18(31)15-17(27-19(29)21)30(11-35-36(32,33)34)16(26-15)13-8-25-28(10-13)9-12-4-3-5-14(7-12)20(22,23)24/h3-5,7-8,10H,2,6,9,11H2,1H3,(H2,32,33,34). The van der Waals surface area contributed by atoms with Crippen LogP contribution in [0.4, 0.5) is 17.6 Å². The first-order chi connectivity index (χ1) is 16.9. The van der Waals surface area contributed by atoms with Crippen molar-refractivity contribution in [1.82, 2.24) is 28.9 Å². The first-order valence-corrected chi connectivity index (χ1v) is 12.0. The van der Waals surface area contributed by atoms with Gasteiger partial charge in [-0.05, 0) is 24.1 Å². The van der Waals surface area contributed by atoms with Crippen LogP contribution in [0.15, 0.2) is 41.5 Å². The molecular weight excluding hydrogens is 511 g/mol. The van der Waals surface area contributed by atoms with Gasteiger partial charge in [-0.15, -0.1) is 0 Å². The van der Waals surface area contributed by atoms with E-state index >= 15 is 0 Å². The van der Waals surface area contributed by atoms with Crippen molar-refractivity contribution >= 4 is 19.0 Å². The predicted octanol–water partition coefficient (Wildman–Crippen LogP) is 3.14. The van der Waals surface area contributed by atoms with E-state index in [4.69, 9.17) is 9.79 Å². The van der Waals surface area contributed by atoms with Crippen LogP contribution in [0, 0.1) is 6.08 Å². The monoisotopic (exact) mass is 530 g/mol. The van der Waals surface area contributed by atoms with Gasteiger partial charge in [0.15, 0.2) is 11.2 Å². The minimum absolute atomic E-state index is 0.0315. The number of nitrogens with zero attached hydrogens (tertiary/aromatic N) is 6. The molecule has 4 aromatic rings. The number of benzene rings is 1. The Morgan fingerprint density at radius 2 is 1.92 bits per heavy atom. The topological polar surface area (TPSA) is 137 Å². The van der Waals surface area contributed by atoms with Gasteiger partial charge in [-0.2, -0.15) is 27.6 Å². The van der Waals surface area contributed by atoms with Crippen LogP contribution in [0.1, 0.15) is 24.5 Å². The summed E-state index contributed by atoms with van der Waals surface area (Å²) in [5.74, 6) is -0.0630. The predicted molar refractivity (Wildman–Crippen MR) is 117 cm³/mol. The number of aromatic nitrogens is 6. The Bertz CT molecular complexity index is 1520. The van der Waals surface area contributed by atoms with Gasteiger partial charge in [0, 0.05) is 12.7 Å². The molecule has 0 unspecified atom stereocenters. The van der Waals surface area contributed by atoms with E-state index in [1.165, 1.54) is 29.2 Å². The molecule has 0 aliphatic carbocycles. The van der Waals surface area contributed by atoms with Crippen molar-refractivity contribution in [2.75, 3.05) is 0 Å². The lowest BCUT2D eigenvalue weighted by Crippen LogP contribution is -2.25. The van der Waals surface area contributed by atoms with E-state index in [9.17, 15) is 26.9 Å². The van der Waals surface area contributed by atoms with Gasteiger partial charge in [-0.25, -0.2) is 9.55 Å². The molecule has 0 saturated carbocycles. The van der Waals surface area contributed by atoms with Crippen LogP contribution in [0.2, 0.25) is 0 Å². The molecular formula is C20H19F4N6O5P. The van der Waals surface area contributed by atoms with Crippen molar-refractivity contribution in [1.29, 1.82) is 0 Å². The molecule has 11 nitrogen and oxygen atoms in total. The van der Waals surface area contributed by atoms with Crippen LogP contribution >= 0.6 is 7.82 Å². The maximum absolute atomic E-state index is 14.5. The Balaban J connectivity index is 1.76. The minimum atomic E-state index is -4.97. The Kier molecular flexibility index (Phi) is 6.84. The molecule has 4 rings (SSSR count). The molecule has 0 bridgehead atoms. The van der Waals surface area contributed by atoms with Crippen molar-refractivity contribution < 1.29 is 36.4 Å². The zero-order chi connectivity index (χ0) is 26.3. The molecule has 0 fully saturated rings. The van der Waals surface area contributed by atoms with Crippen LogP contribution in [-0.4, -0.2) is 38.7 Å². The van der Waals surface area contributed by atoms with Gasteiger partial charge in [0.05, 0.1) is 23.9 Å². The average Bonchev–Trinajstić information content (AvgIpc) is 3.39. The van der Waals surface area contributed by atoms with E-state index in [2.05, 4.69) is 19.6 Å². The van der Waals surface area contributed by atoms with Crippen LogP contribution in [0.5, 0.6) is 0 Å². The number of alkyl halides is 3. The lowest BCUT2D eigenvalue weighted by atomic mass is 10.1. The van der Waals surface area contributed by atoms with Crippen LogP contribution in [0.25, 0.3) is 22.6 Å². The van der Waals surface area contributed by atoms with Gasteiger partial charge in [-0.1, -0.05) is 19.1 Å². The average molecular weight is 530 g/mol. The molecule has 1 aromatic carbocycles. The van der Waals surface area contributed by atoms with Crippen molar-refractivity contribution in [3.63, 3.8) is 0 Å². The Morgan fingerprint density at radius 3 is 2.58 bits per heavy atom. The summed E-state index contributed by atoms with van der Waals surface area (Å²) in [4.78, 5) is 39.0. The third kappa shape index (κ3) is 5.38. The highest BCUT2D eigenvalue weighted by Gasteiger charge is 2.30. The number of fused-ring (bicyclic) bond motifs is 1. The molecule has 3 heterocycles. The number of halogens is 4. The van der Waals surface area contributed by atoms with E-state index in [0.29, 0.717) is 12.0 Å². The number of imidazole rings is 1. The molecule has 0 atom stereocenters. The first-order valence-electron chi connectivity index (χ1n) is 10.4. The van der Waals surface area contributed by atoms with Crippen LogP contribution < -0.4 is 5.56 Å². The summed E-state index contributed by atoms with van der Waals surface area (Å²) < 4.78 is 72.4. The third-order valence-corrected chi connectivity index (χ3v) is 5.55. The second-order valence-electron chi connectivity index (χ2n) is 7.75. The number of phosphoric acid groups is 1. The second kappa shape index (κ2) is 9.58. The van der Waals surface area contributed by atoms with Gasteiger partial charge in [0.25, 0.3) is 11.6 Å². The highest BCUT2D eigenvalue weighted by Crippen LogP contribution is 2.37. The smallest absolute Gasteiger partial charge is 0.303 e. The molecule has 0 spiro atoms. The lowest BCUT2D eigenvalue weighted by Gasteiger charge is -2.10. The molecule has 36 heavy (non-hydrogen) atoms. The number of hydrogen-bond donors (Lipinski definition) is 2. The van der Waals surface area contributed by atoms with Gasteiger partial charge < -0.3 is 9.79 Å². The van der Waals surface area contributed by atoms with E-state index in [1.807, 2.05) is 0 Å². The summed E-state index contributed by atoms with van der Waals surface area (Å²) in [7, 11) is -4.97. The van der Waals surface area contributed by atoms with E-state index in [-0.39, 0.29) is 35.6 Å². The SMILES string of the molecule is CCCn1c(F)nc2c(nc(-c3cnn(Cc4cccc(C(F)(F)F)c4)c3)n2COP(=O)(O)O)c1=O. The zero-order valence-electron chi connectivity index (χ0n) is 18.6. The van der Waals surface area contributed by atoms with Gasteiger partial charge >= 0.3 is 14.0 Å². The van der Waals surface area contributed by atoms with E-state index in [1.54, 1.807) is 6.92 Å². The summed E-state index contributed by atoms with van der Waals surface area (Å²) in [5, 5.41) is 4.10. The molecule has 0 radical (unpaired) electrons. The summed E-state index contributed by atoms with van der Waals surface area (Å²) >= 11 is 0. The van der Waals surface area contributed by atoms with Crippen molar-refractivity contribution in [2.24, 2.45) is 0 Å². The number of phosphoric ester groups is 1. The van der Waals surface area contributed by atoms with E-state index < -0.39 is 37.9 Å². The van der Waals surface area contributed by atoms with Crippen LogP contribution in [0.3, 0.4) is 0 Å². The quantitative estimate of drug-likeness (QED) is 0.201. The fourth-order valence-corrected chi connectivity index (χ4v) is 3.82. The Morgan fingerprint density at radius 1 is 1.17 bits per heavy atom. The first kappa shape index (κ1) is 25.7.